The maximum Gasteiger partial charge on any atom is 0.237 e. The van der Waals surface area contributed by atoms with E-state index in [0.29, 0.717) is 37.0 Å². The van der Waals surface area contributed by atoms with E-state index >= 15 is 0 Å². The Hall–Kier alpha value is -1.89. The first-order chi connectivity index (χ1) is 12.6. The summed E-state index contributed by atoms with van der Waals surface area (Å²) in [5.74, 6) is -0.0263. The van der Waals surface area contributed by atoms with Crippen molar-refractivity contribution in [2.24, 2.45) is 0 Å². The molecule has 1 saturated carbocycles. The molecule has 0 unspecified atom stereocenters. The Balaban J connectivity index is 1.63. The molecule has 144 valence electrons. The van der Waals surface area contributed by atoms with Gasteiger partial charge in [0.1, 0.15) is 11.9 Å². The van der Waals surface area contributed by atoms with Crippen LogP contribution in [0.1, 0.15) is 44.1 Å². The Morgan fingerprint density at radius 2 is 2.00 bits per heavy atom. The minimum Gasteiger partial charge on any atom is -0.496 e. The van der Waals surface area contributed by atoms with Crippen molar-refractivity contribution in [1.82, 2.24) is 10.6 Å². The molecule has 7 heteroatoms. The number of ether oxygens (including phenoxy) is 2. The van der Waals surface area contributed by atoms with E-state index in [-0.39, 0.29) is 30.3 Å². The Morgan fingerprint density at radius 1 is 1.23 bits per heavy atom. The van der Waals surface area contributed by atoms with Gasteiger partial charge in [0.2, 0.25) is 5.91 Å². The van der Waals surface area contributed by atoms with E-state index in [9.17, 15) is 13.6 Å². The van der Waals surface area contributed by atoms with Crippen LogP contribution >= 0.6 is 0 Å². The van der Waals surface area contributed by atoms with Crippen LogP contribution in [0, 0.1) is 5.82 Å². The lowest BCUT2D eigenvalue weighted by molar-refractivity contribution is -0.122. The van der Waals surface area contributed by atoms with E-state index in [0.717, 1.165) is 19.4 Å². The summed E-state index contributed by atoms with van der Waals surface area (Å²) in [6.07, 6.45) is 2.88. The molecule has 1 aromatic carbocycles. The molecular formula is C19H26F2N2O3. The second kappa shape index (κ2) is 8.66. The van der Waals surface area contributed by atoms with Crippen LogP contribution in [0.4, 0.5) is 8.78 Å². The van der Waals surface area contributed by atoms with Gasteiger partial charge >= 0.3 is 0 Å². The molecule has 1 aromatic rings. The Morgan fingerprint density at radius 3 is 2.65 bits per heavy atom. The van der Waals surface area contributed by atoms with Gasteiger partial charge in [-0.25, -0.2) is 8.78 Å². The molecule has 26 heavy (non-hydrogen) atoms. The maximum atomic E-state index is 14.4. The normalized spacial score (nSPS) is 25.7. The number of halogens is 2. The number of benzene rings is 1. The van der Waals surface area contributed by atoms with E-state index in [1.54, 1.807) is 0 Å². The number of rotatable bonds is 6. The first-order valence-corrected chi connectivity index (χ1v) is 9.25. The Kier molecular flexibility index (Phi) is 6.29. The highest BCUT2D eigenvalue weighted by atomic mass is 19.1. The van der Waals surface area contributed by atoms with E-state index < -0.39 is 12.0 Å². The molecule has 3 rings (SSSR count). The van der Waals surface area contributed by atoms with Crippen molar-refractivity contribution in [2.75, 3.05) is 13.7 Å². The van der Waals surface area contributed by atoms with Gasteiger partial charge in [-0.3, -0.25) is 4.79 Å². The molecule has 1 aliphatic carbocycles. The van der Waals surface area contributed by atoms with Gasteiger partial charge in [-0.2, -0.15) is 0 Å². The van der Waals surface area contributed by atoms with Crippen LogP contribution in [0.5, 0.6) is 11.5 Å². The lowest BCUT2D eigenvalue weighted by Gasteiger charge is -2.25. The van der Waals surface area contributed by atoms with Crippen molar-refractivity contribution >= 4 is 5.91 Å². The predicted molar refractivity (Wildman–Crippen MR) is 93.6 cm³/mol. The summed E-state index contributed by atoms with van der Waals surface area (Å²) in [7, 11) is 1.50. The van der Waals surface area contributed by atoms with Crippen LogP contribution in [0.25, 0.3) is 0 Å². The number of carbonyl (C=O) groups is 1. The fraction of sp³-hybridized carbons (Fsp3) is 0.632. The third-order valence-corrected chi connectivity index (χ3v) is 5.06. The van der Waals surface area contributed by atoms with Crippen molar-refractivity contribution in [2.45, 2.75) is 63.4 Å². The molecule has 1 saturated heterocycles. The van der Waals surface area contributed by atoms with Crippen LogP contribution in [0.15, 0.2) is 12.1 Å². The molecule has 1 atom stereocenters. The van der Waals surface area contributed by atoms with Crippen molar-refractivity contribution < 1.29 is 23.0 Å². The highest BCUT2D eigenvalue weighted by Gasteiger charge is 2.24. The molecule has 2 aliphatic rings. The zero-order valence-corrected chi connectivity index (χ0v) is 15.0. The summed E-state index contributed by atoms with van der Waals surface area (Å²) in [5.41, 5.74) is 0.552. The van der Waals surface area contributed by atoms with Gasteiger partial charge in [0.05, 0.1) is 19.3 Å². The Labute approximate surface area is 152 Å². The van der Waals surface area contributed by atoms with E-state index in [1.165, 1.54) is 19.2 Å². The number of alkyl halides is 1. The molecule has 1 aliphatic heterocycles. The van der Waals surface area contributed by atoms with Crippen molar-refractivity contribution in [1.29, 1.82) is 0 Å². The van der Waals surface area contributed by atoms with Gasteiger partial charge in [-0.1, -0.05) is 0 Å². The fourth-order valence-corrected chi connectivity index (χ4v) is 3.53. The molecule has 0 aromatic heterocycles. The molecule has 5 nitrogen and oxygen atoms in total. The second-order valence-electron chi connectivity index (χ2n) is 6.95. The first kappa shape index (κ1) is 18.9. The number of nitrogens with one attached hydrogen (secondary N) is 2. The molecule has 2 fully saturated rings. The molecule has 0 spiro atoms. The molecule has 1 heterocycles. The van der Waals surface area contributed by atoms with Crippen LogP contribution in [0.2, 0.25) is 0 Å². The number of methoxy groups -OCH3 is 1. The lowest BCUT2D eigenvalue weighted by Crippen LogP contribution is -2.40. The van der Waals surface area contributed by atoms with Crippen LogP contribution in [-0.2, 0) is 11.3 Å². The van der Waals surface area contributed by atoms with Crippen LogP contribution < -0.4 is 20.1 Å². The zero-order valence-electron chi connectivity index (χ0n) is 15.0. The standard InChI is InChI=1S/C19H26F2N2O3/c1-25-17-10-18(26-14-6-4-13(20)5-7-14)15(21)9-12(17)11-23-19(24)16-3-2-8-22-16/h9-10,13-14,16,22H,2-8,11H2,1H3,(H,23,24)/t13-,14-,16-/m0/s1. The third-order valence-electron chi connectivity index (χ3n) is 5.06. The predicted octanol–water partition coefficient (Wildman–Crippen LogP) is 2.86. The monoisotopic (exact) mass is 368 g/mol. The van der Waals surface area contributed by atoms with Gasteiger partial charge < -0.3 is 20.1 Å². The van der Waals surface area contributed by atoms with Gasteiger partial charge in [-0.05, 0) is 51.1 Å². The molecule has 2 N–H and O–H groups in total. The second-order valence-corrected chi connectivity index (χ2v) is 6.95. The van der Waals surface area contributed by atoms with Crippen LogP contribution in [-0.4, -0.2) is 37.9 Å². The maximum absolute atomic E-state index is 14.4. The zero-order chi connectivity index (χ0) is 18.5. The van der Waals surface area contributed by atoms with Crippen molar-refractivity contribution in [3.8, 4) is 11.5 Å². The lowest BCUT2D eigenvalue weighted by atomic mass is 9.96. The average Bonchev–Trinajstić information content (AvgIpc) is 3.18. The summed E-state index contributed by atoms with van der Waals surface area (Å²) >= 11 is 0. The summed E-state index contributed by atoms with van der Waals surface area (Å²) in [6.45, 7) is 1.02. The summed E-state index contributed by atoms with van der Waals surface area (Å²) in [4.78, 5) is 12.1. The molecule has 0 radical (unpaired) electrons. The van der Waals surface area contributed by atoms with Crippen molar-refractivity contribution in [3.05, 3.63) is 23.5 Å². The summed E-state index contributed by atoms with van der Waals surface area (Å²) < 4.78 is 38.7. The van der Waals surface area contributed by atoms with Gasteiger partial charge in [0, 0.05) is 18.2 Å². The molecular weight excluding hydrogens is 342 g/mol. The quantitative estimate of drug-likeness (QED) is 0.811. The number of amides is 1. The van der Waals surface area contributed by atoms with Crippen LogP contribution in [0.3, 0.4) is 0 Å². The number of hydrogen-bond acceptors (Lipinski definition) is 4. The minimum absolute atomic E-state index is 0.0896. The minimum atomic E-state index is -0.783. The summed E-state index contributed by atoms with van der Waals surface area (Å²) in [5, 5.41) is 5.94. The van der Waals surface area contributed by atoms with Gasteiger partial charge in [0.25, 0.3) is 0 Å². The molecule has 1 amide bonds. The Bertz CT molecular complexity index is 627. The SMILES string of the molecule is COc1cc(O[C@H]2CC[C@H](F)CC2)c(F)cc1CNC(=O)[C@@H]1CCCN1. The van der Waals surface area contributed by atoms with Gasteiger partial charge in [0.15, 0.2) is 11.6 Å². The number of hydrogen-bond donors (Lipinski definition) is 2. The smallest absolute Gasteiger partial charge is 0.237 e. The number of carbonyl (C=O) groups excluding carboxylic acids is 1. The highest BCUT2D eigenvalue weighted by molar-refractivity contribution is 5.82. The van der Waals surface area contributed by atoms with E-state index in [1.807, 2.05) is 0 Å². The molecule has 0 bridgehead atoms. The fourth-order valence-electron chi connectivity index (χ4n) is 3.53. The summed E-state index contributed by atoms with van der Waals surface area (Å²) in [6, 6.07) is 2.66. The topological polar surface area (TPSA) is 59.6 Å². The van der Waals surface area contributed by atoms with Crippen molar-refractivity contribution in [3.63, 3.8) is 0 Å². The van der Waals surface area contributed by atoms with Gasteiger partial charge in [-0.15, -0.1) is 0 Å². The first-order valence-electron chi connectivity index (χ1n) is 9.25. The third kappa shape index (κ3) is 4.63. The van der Waals surface area contributed by atoms with E-state index in [4.69, 9.17) is 9.47 Å². The van der Waals surface area contributed by atoms with E-state index in [2.05, 4.69) is 10.6 Å². The highest BCUT2D eigenvalue weighted by Crippen LogP contribution is 2.32. The average molecular weight is 368 g/mol. The largest absolute Gasteiger partial charge is 0.496 e.